The molecule has 22 heavy (non-hydrogen) atoms. The summed E-state index contributed by atoms with van der Waals surface area (Å²) in [5, 5.41) is 9.20. The van der Waals surface area contributed by atoms with E-state index in [0.717, 1.165) is 30.4 Å². The van der Waals surface area contributed by atoms with Crippen molar-refractivity contribution in [3.05, 3.63) is 28.8 Å². The lowest BCUT2D eigenvalue weighted by molar-refractivity contribution is 0.0696. The van der Waals surface area contributed by atoms with Gasteiger partial charge >= 0.3 is 5.97 Å². The molecular weight excluding hydrogens is 304 g/mol. The third-order valence-electron chi connectivity index (χ3n) is 3.81. The summed E-state index contributed by atoms with van der Waals surface area (Å²) in [6.45, 7) is 0.876. The number of nitrogens with one attached hydrogen (secondary N) is 1. The van der Waals surface area contributed by atoms with Gasteiger partial charge in [0.25, 0.3) is 0 Å². The lowest BCUT2D eigenvalue weighted by Gasteiger charge is -2.21. The molecule has 0 amide bonds. The SMILES string of the molecule is CN(C)CCNS(=O)(=O)c1cc(C(=O)O)cc2c1CCCC2. The van der Waals surface area contributed by atoms with E-state index in [-0.39, 0.29) is 10.5 Å². The van der Waals surface area contributed by atoms with E-state index < -0.39 is 16.0 Å². The van der Waals surface area contributed by atoms with E-state index in [0.29, 0.717) is 19.5 Å². The largest absolute Gasteiger partial charge is 0.478 e. The van der Waals surface area contributed by atoms with Crippen molar-refractivity contribution >= 4 is 16.0 Å². The Kier molecular flexibility index (Phi) is 5.20. The number of likely N-dealkylation sites (N-methyl/N-ethyl adjacent to an activating group) is 1. The predicted octanol–water partition coefficient (Wildman–Crippen LogP) is 1.10. The molecule has 122 valence electrons. The molecule has 2 rings (SSSR count). The summed E-state index contributed by atoms with van der Waals surface area (Å²) in [5.41, 5.74) is 1.65. The number of carbonyl (C=O) groups is 1. The molecule has 0 radical (unpaired) electrons. The molecule has 1 aliphatic carbocycles. The molecule has 0 heterocycles. The number of carboxylic acid groups (broad SMARTS) is 1. The number of sulfonamides is 1. The topological polar surface area (TPSA) is 86.7 Å². The zero-order chi connectivity index (χ0) is 16.3. The summed E-state index contributed by atoms with van der Waals surface area (Å²) in [6.07, 6.45) is 3.30. The first-order valence-corrected chi connectivity index (χ1v) is 8.83. The minimum Gasteiger partial charge on any atom is -0.478 e. The molecule has 0 aliphatic heterocycles. The highest BCUT2D eigenvalue weighted by atomic mass is 32.2. The van der Waals surface area contributed by atoms with E-state index in [1.807, 2.05) is 19.0 Å². The van der Waals surface area contributed by atoms with E-state index in [4.69, 9.17) is 0 Å². The van der Waals surface area contributed by atoms with Crippen molar-refractivity contribution in [1.29, 1.82) is 0 Å². The summed E-state index contributed by atoms with van der Waals surface area (Å²) in [7, 11) is 0.0312. The molecule has 0 fully saturated rings. The van der Waals surface area contributed by atoms with Crippen molar-refractivity contribution in [2.45, 2.75) is 30.6 Å². The van der Waals surface area contributed by atoms with Gasteiger partial charge in [-0.2, -0.15) is 0 Å². The van der Waals surface area contributed by atoms with Crippen LogP contribution in [0.25, 0.3) is 0 Å². The maximum atomic E-state index is 12.5. The number of rotatable bonds is 6. The summed E-state index contributed by atoms with van der Waals surface area (Å²) < 4.78 is 27.6. The summed E-state index contributed by atoms with van der Waals surface area (Å²) in [6, 6.07) is 2.89. The molecule has 0 saturated carbocycles. The van der Waals surface area contributed by atoms with Crippen LogP contribution in [0.5, 0.6) is 0 Å². The van der Waals surface area contributed by atoms with Crippen molar-refractivity contribution in [3.63, 3.8) is 0 Å². The minimum absolute atomic E-state index is 0.0358. The van der Waals surface area contributed by atoms with Crippen LogP contribution in [0.3, 0.4) is 0 Å². The normalized spacial score (nSPS) is 14.9. The van der Waals surface area contributed by atoms with Crippen molar-refractivity contribution < 1.29 is 18.3 Å². The fourth-order valence-corrected chi connectivity index (χ4v) is 4.03. The van der Waals surface area contributed by atoms with Crippen LogP contribution < -0.4 is 4.72 Å². The van der Waals surface area contributed by atoms with Gasteiger partial charge in [-0.05, 0) is 63.0 Å². The number of aryl methyl sites for hydroxylation is 1. The molecule has 2 N–H and O–H groups in total. The molecule has 1 aliphatic rings. The Morgan fingerprint density at radius 2 is 1.95 bits per heavy atom. The van der Waals surface area contributed by atoms with E-state index >= 15 is 0 Å². The number of hydrogen-bond acceptors (Lipinski definition) is 4. The van der Waals surface area contributed by atoms with Crippen LogP contribution >= 0.6 is 0 Å². The molecule has 0 atom stereocenters. The summed E-state index contributed by atoms with van der Waals surface area (Å²) >= 11 is 0. The van der Waals surface area contributed by atoms with Crippen molar-refractivity contribution in [2.75, 3.05) is 27.2 Å². The summed E-state index contributed by atoms with van der Waals surface area (Å²) in [5.74, 6) is -1.10. The quantitative estimate of drug-likeness (QED) is 0.817. The Balaban J connectivity index is 2.39. The molecule has 0 aromatic heterocycles. The van der Waals surface area contributed by atoms with Gasteiger partial charge in [-0.15, -0.1) is 0 Å². The highest BCUT2D eigenvalue weighted by Crippen LogP contribution is 2.29. The van der Waals surface area contributed by atoms with Gasteiger partial charge in [0.2, 0.25) is 10.0 Å². The molecule has 0 spiro atoms. The first-order valence-electron chi connectivity index (χ1n) is 7.35. The van der Waals surface area contributed by atoms with Gasteiger partial charge < -0.3 is 10.0 Å². The van der Waals surface area contributed by atoms with E-state index in [2.05, 4.69) is 4.72 Å². The second kappa shape index (κ2) is 6.76. The maximum absolute atomic E-state index is 12.5. The number of nitrogens with zero attached hydrogens (tertiary/aromatic N) is 1. The molecule has 7 heteroatoms. The molecule has 0 unspecified atom stereocenters. The van der Waals surface area contributed by atoms with Gasteiger partial charge in [0.15, 0.2) is 0 Å². The lowest BCUT2D eigenvalue weighted by atomic mass is 9.90. The van der Waals surface area contributed by atoms with Crippen LogP contribution in [0.2, 0.25) is 0 Å². The summed E-state index contributed by atoms with van der Waals surface area (Å²) in [4.78, 5) is 13.3. The fraction of sp³-hybridized carbons (Fsp3) is 0.533. The van der Waals surface area contributed by atoms with Crippen LogP contribution in [0.15, 0.2) is 17.0 Å². The van der Waals surface area contributed by atoms with Gasteiger partial charge in [-0.3, -0.25) is 0 Å². The van der Waals surface area contributed by atoms with Crippen molar-refractivity contribution in [3.8, 4) is 0 Å². The standard InChI is InChI=1S/C15H22N2O4S/c1-17(2)8-7-16-22(20,21)14-10-12(15(18)19)9-11-5-3-4-6-13(11)14/h9-10,16H,3-8H2,1-2H3,(H,18,19). The van der Waals surface area contributed by atoms with E-state index in [1.54, 1.807) is 6.07 Å². The molecule has 1 aromatic rings. The maximum Gasteiger partial charge on any atom is 0.335 e. The monoisotopic (exact) mass is 326 g/mol. The van der Waals surface area contributed by atoms with Crippen LogP contribution in [0.4, 0.5) is 0 Å². The average Bonchev–Trinajstić information content (AvgIpc) is 2.45. The zero-order valence-corrected chi connectivity index (χ0v) is 13.7. The number of benzene rings is 1. The van der Waals surface area contributed by atoms with Gasteiger partial charge in [0.05, 0.1) is 10.5 Å². The average molecular weight is 326 g/mol. The first kappa shape index (κ1) is 16.9. The number of fused-ring (bicyclic) bond motifs is 1. The van der Waals surface area contributed by atoms with Crippen molar-refractivity contribution in [2.24, 2.45) is 0 Å². The lowest BCUT2D eigenvalue weighted by Crippen LogP contribution is -2.32. The molecule has 0 bridgehead atoms. The number of hydrogen-bond donors (Lipinski definition) is 2. The van der Waals surface area contributed by atoms with Crippen LogP contribution in [-0.2, 0) is 22.9 Å². The van der Waals surface area contributed by atoms with E-state index in [9.17, 15) is 18.3 Å². The zero-order valence-electron chi connectivity index (χ0n) is 12.9. The number of aromatic carboxylic acids is 1. The Hall–Kier alpha value is -1.44. The van der Waals surface area contributed by atoms with Crippen molar-refractivity contribution in [1.82, 2.24) is 9.62 Å². The third-order valence-corrected chi connectivity index (χ3v) is 5.34. The van der Waals surface area contributed by atoms with Gasteiger partial charge in [0, 0.05) is 13.1 Å². The number of carboxylic acids is 1. The fourth-order valence-electron chi connectivity index (χ4n) is 2.67. The Morgan fingerprint density at radius 3 is 2.59 bits per heavy atom. The highest BCUT2D eigenvalue weighted by Gasteiger charge is 2.24. The molecule has 6 nitrogen and oxygen atoms in total. The van der Waals surface area contributed by atoms with Crippen LogP contribution in [0, 0.1) is 0 Å². The second-order valence-electron chi connectivity index (χ2n) is 5.83. The second-order valence-corrected chi connectivity index (χ2v) is 7.56. The van der Waals surface area contributed by atoms with Crippen LogP contribution in [-0.4, -0.2) is 51.6 Å². The molecular formula is C15H22N2O4S. The van der Waals surface area contributed by atoms with Crippen LogP contribution in [0.1, 0.15) is 34.3 Å². The minimum atomic E-state index is -3.69. The first-order chi connectivity index (χ1) is 10.3. The van der Waals surface area contributed by atoms with Gasteiger partial charge in [0.1, 0.15) is 0 Å². The Bertz CT molecular complexity index is 668. The Labute approximate surface area is 131 Å². The van der Waals surface area contributed by atoms with Gasteiger partial charge in [-0.1, -0.05) is 0 Å². The van der Waals surface area contributed by atoms with Gasteiger partial charge in [-0.25, -0.2) is 17.9 Å². The molecule has 1 aromatic carbocycles. The van der Waals surface area contributed by atoms with E-state index in [1.165, 1.54) is 6.07 Å². The third kappa shape index (κ3) is 3.85. The highest BCUT2D eigenvalue weighted by molar-refractivity contribution is 7.89. The molecule has 0 saturated heterocycles. The Morgan fingerprint density at radius 1 is 1.27 bits per heavy atom. The predicted molar refractivity (Wildman–Crippen MR) is 83.8 cm³/mol. The smallest absolute Gasteiger partial charge is 0.335 e.